The van der Waals surface area contributed by atoms with Gasteiger partial charge in [0.15, 0.2) is 4.80 Å². The lowest BCUT2D eigenvalue weighted by Crippen LogP contribution is -2.39. The zero-order chi connectivity index (χ0) is 24.9. The fourth-order valence-corrected chi connectivity index (χ4v) is 5.31. The quantitative estimate of drug-likeness (QED) is 0.358. The molecule has 0 aliphatic carbocycles. The van der Waals surface area contributed by atoms with E-state index in [-0.39, 0.29) is 12.2 Å². The first kappa shape index (κ1) is 24.4. The molecule has 0 bridgehead atoms. The lowest BCUT2D eigenvalue weighted by atomic mass is 9.96. The van der Waals surface area contributed by atoms with Crippen LogP contribution in [0.4, 0.5) is 5.69 Å². The summed E-state index contributed by atoms with van der Waals surface area (Å²) < 4.78 is 7.53. The molecule has 0 saturated carbocycles. The summed E-state index contributed by atoms with van der Waals surface area (Å²) in [6, 6.07) is 17.1. The van der Waals surface area contributed by atoms with Gasteiger partial charge in [-0.2, -0.15) is 0 Å². The second-order valence-corrected chi connectivity index (χ2v) is 9.15. The second kappa shape index (κ2) is 10.7. The first-order valence-electron chi connectivity index (χ1n) is 11.7. The third kappa shape index (κ3) is 4.91. The van der Waals surface area contributed by atoms with Crippen LogP contribution in [0.1, 0.15) is 37.9 Å². The minimum atomic E-state index is -0.614. The van der Waals surface area contributed by atoms with Crippen LogP contribution in [0.25, 0.3) is 6.08 Å². The van der Waals surface area contributed by atoms with E-state index in [1.165, 1.54) is 17.4 Å². The van der Waals surface area contributed by atoms with Crippen LogP contribution < -0.4 is 19.8 Å². The molecule has 1 aromatic heterocycles. The molecule has 180 valence electrons. The molecular formula is C28H29N3O3S. The summed E-state index contributed by atoms with van der Waals surface area (Å²) in [6.45, 7) is 11.6. The Hall–Kier alpha value is -3.71. The number of esters is 1. The molecule has 6 nitrogen and oxygen atoms in total. The third-order valence-corrected chi connectivity index (χ3v) is 6.99. The van der Waals surface area contributed by atoms with E-state index in [4.69, 9.17) is 4.74 Å². The Labute approximate surface area is 208 Å². The van der Waals surface area contributed by atoms with Gasteiger partial charge in [-0.3, -0.25) is 9.36 Å². The molecule has 0 fully saturated rings. The SMILES string of the molecule is C=CCOC(=O)C1=C(C)N=c2s/c(=C\c3ccc(N(CC)CC)cc3)c(=O)n2C1c1ccccc1. The largest absolute Gasteiger partial charge is 0.458 e. The first-order valence-corrected chi connectivity index (χ1v) is 12.5. The number of anilines is 1. The van der Waals surface area contributed by atoms with E-state index >= 15 is 0 Å². The molecule has 1 unspecified atom stereocenters. The van der Waals surface area contributed by atoms with E-state index in [1.807, 2.05) is 48.5 Å². The van der Waals surface area contributed by atoms with Gasteiger partial charge in [-0.05, 0) is 50.1 Å². The van der Waals surface area contributed by atoms with Crippen molar-refractivity contribution in [3.05, 3.63) is 109 Å². The van der Waals surface area contributed by atoms with Crippen molar-refractivity contribution in [1.29, 1.82) is 0 Å². The standard InChI is InChI=1S/C28H29N3O3S/c1-5-17-34-27(33)24-19(4)29-28-31(25(24)21-11-9-8-10-12-21)26(32)23(35-28)18-20-13-15-22(16-14-20)30(6-2)7-3/h5,8-16,18,25H,1,6-7,17H2,2-4H3/b23-18-. The van der Waals surface area contributed by atoms with Crippen LogP contribution >= 0.6 is 11.3 Å². The number of fused-ring (bicyclic) bond motifs is 1. The Bertz CT molecular complexity index is 1430. The Morgan fingerprint density at radius 2 is 1.83 bits per heavy atom. The van der Waals surface area contributed by atoms with Crippen molar-refractivity contribution in [3.8, 4) is 0 Å². The molecule has 7 heteroatoms. The van der Waals surface area contributed by atoms with Crippen LogP contribution in [0, 0.1) is 0 Å². The number of nitrogens with zero attached hydrogens (tertiary/aromatic N) is 3. The molecule has 1 atom stereocenters. The van der Waals surface area contributed by atoms with Crippen LogP contribution in [0.15, 0.2) is 88.3 Å². The van der Waals surface area contributed by atoms with E-state index in [9.17, 15) is 9.59 Å². The van der Waals surface area contributed by atoms with Crippen LogP contribution in [0.3, 0.4) is 0 Å². The van der Waals surface area contributed by atoms with E-state index in [0.29, 0.717) is 20.6 Å². The van der Waals surface area contributed by atoms with Crippen molar-refractivity contribution >= 4 is 29.1 Å². The number of rotatable bonds is 8. The van der Waals surface area contributed by atoms with Crippen molar-refractivity contribution in [3.63, 3.8) is 0 Å². The molecule has 0 N–H and O–H groups in total. The summed E-state index contributed by atoms with van der Waals surface area (Å²) >= 11 is 1.33. The summed E-state index contributed by atoms with van der Waals surface area (Å²) in [4.78, 5) is 34.1. The van der Waals surface area contributed by atoms with Gasteiger partial charge in [0.2, 0.25) is 0 Å². The van der Waals surface area contributed by atoms with E-state index in [2.05, 4.69) is 42.5 Å². The number of carbonyl (C=O) groups excluding carboxylic acids is 1. The monoisotopic (exact) mass is 487 g/mol. The van der Waals surface area contributed by atoms with Gasteiger partial charge in [0.05, 0.1) is 21.8 Å². The lowest BCUT2D eigenvalue weighted by Gasteiger charge is -2.24. The predicted octanol–water partition coefficient (Wildman–Crippen LogP) is 3.81. The Morgan fingerprint density at radius 1 is 1.14 bits per heavy atom. The van der Waals surface area contributed by atoms with E-state index in [1.54, 1.807) is 11.5 Å². The summed E-state index contributed by atoms with van der Waals surface area (Å²) in [5.74, 6) is -0.499. The maximum absolute atomic E-state index is 13.6. The van der Waals surface area contributed by atoms with Crippen molar-refractivity contribution in [2.45, 2.75) is 26.8 Å². The predicted molar refractivity (Wildman–Crippen MR) is 141 cm³/mol. The minimum absolute atomic E-state index is 0.0883. The van der Waals surface area contributed by atoms with Crippen LogP contribution in [-0.4, -0.2) is 30.2 Å². The maximum Gasteiger partial charge on any atom is 0.338 e. The summed E-state index contributed by atoms with van der Waals surface area (Å²) in [7, 11) is 0. The zero-order valence-corrected chi connectivity index (χ0v) is 21.0. The smallest absolute Gasteiger partial charge is 0.338 e. The highest BCUT2D eigenvalue weighted by Gasteiger charge is 2.33. The van der Waals surface area contributed by atoms with E-state index in [0.717, 1.165) is 29.9 Å². The minimum Gasteiger partial charge on any atom is -0.458 e. The zero-order valence-electron chi connectivity index (χ0n) is 20.2. The molecule has 35 heavy (non-hydrogen) atoms. The molecule has 0 saturated heterocycles. The highest BCUT2D eigenvalue weighted by atomic mass is 32.1. The normalized spacial score (nSPS) is 15.4. The second-order valence-electron chi connectivity index (χ2n) is 8.14. The van der Waals surface area contributed by atoms with Gasteiger partial charge < -0.3 is 9.64 Å². The number of ether oxygens (including phenoxy) is 1. The van der Waals surface area contributed by atoms with Crippen molar-refractivity contribution in [1.82, 2.24) is 4.57 Å². The number of thiazole rings is 1. The molecule has 4 rings (SSSR count). The number of hydrogen-bond acceptors (Lipinski definition) is 6. The number of benzene rings is 2. The summed E-state index contributed by atoms with van der Waals surface area (Å²) in [5.41, 5.74) is 3.63. The van der Waals surface area contributed by atoms with Gasteiger partial charge in [-0.1, -0.05) is 66.5 Å². The molecule has 0 amide bonds. The molecular weight excluding hydrogens is 458 g/mol. The molecule has 1 aliphatic heterocycles. The van der Waals surface area contributed by atoms with Gasteiger partial charge in [-0.15, -0.1) is 0 Å². The van der Waals surface area contributed by atoms with E-state index < -0.39 is 12.0 Å². The first-order chi connectivity index (χ1) is 17.0. The third-order valence-electron chi connectivity index (χ3n) is 6.01. The topological polar surface area (TPSA) is 63.9 Å². The fourth-order valence-electron chi connectivity index (χ4n) is 4.27. The highest BCUT2D eigenvalue weighted by Crippen LogP contribution is 2.30. The number of hydrogen-bond donors (Lipinski definition) is 0. The Morgan fingerprint density at radius 3 is 2.46 bits per heavy atom. The van der Waals surface area contributed by atoms with Gasteiger partial charge >= 0.3 is 5.97 Å². The fraction of sp³-hybridized carbons (Fsp3) is 0.250. The highest BCUT2D eigenvalue weighted by molar-refractivity contribution is 7.07. The van der Waals surface area contributed by atoms with Gasteiger partial charge in [0.25, 0.3) is 5.56 Å². The molecule has 0 radical (unpaired) electrons. The molecule has 2 heterocycles. The average molecular weight is 488 g/mol. The van der Waals surface area contributed by atoms with Crippen LogP contribution in [0.2, 0.25) is 0 Å². The number of allylic oxidation sites excluding steroid dienone is 1. The summed E-state index contributed by atoms with van der Waals surface area (Å²) in [5, 5.41) is 0. The van der Waals surface area contributed by atoms with Gasteiger partial charge in [0.1, 0.15) is 6.61 Å². The van der Waals surface area contributed by atoms with Crippen molar-refractivity contribution in [2.75, 3.05) is 24.6 Å². The maximum atomic E-state index is 13.6. The number of aromatic nitrogens is 1. The lowest BCUT2D eigenvalue weighted by molar-refractivity contribution is -0.138. The van der Waals surface area contributed by atoms with Gasteiger partial charge in [-0.25, -0.2) is 9.79 Å². The van der Waals surface area contributed by atoms with Gasteiger partial charge in [0, 0.05) is 18.8 Å². The van der Waals surface area contributed by atoms with Crippen LogP contribution in [-0.2, 0) is 9.53 Å². The number of carbonyl (C=O) groups is 1. The average Bonchev–Trinajstić information content (AvgIpc) is 3.18. The molecule has 3 aromatic rings. The van der Waals surface area contributed by atoms with Crippen molar-refractivity contribution in [2.24, 2.45) is 4.99 Å². The van der Waals surface area contributed by atoms with Crippen LogP contribution in [0.5, 0.6) is 0 Å². The molecule has 0 spiro atoms. The Kier molecular flexibility index (Phi) is 7.46. The van der Waals surface area contributed by atoms with Crippen molar-refractivity contribution < 1.29 is 9.53 Å². The molecule has 1 aliphatic rings. The molecule has 2 aromatic carbocycles. The summed E-state index contributed by atoms with van der Waals surface area (Å²) in [6.07, 6.45) is 3.40. The Balaban J connectivity index is 1.83.